The summed E-state index contributed by atoms with van der Waals surface area (Å²) in [6.45, 7) is 5.62. The molecule has 0 aliphatic rings. The van der Waals surface area contributed by atoms with Gasteiger partial charge in [-0.15, -0.1) is 0 Å². The molecule has 0 saturated heterocycles. The van der Waals surface area contributed by atoms with Gasteiger partial charge in [-0.2, -0.15) is 0 Å². The lowest BCUT2D eigenvalue weighted by molar-refractivity contribution is 0.135. The van der Waals surface area contributed by atoms with Crippen LogP contribution >= 0.6 is 7.60 Å². The molecule has 21 heavy (non-hydrogen) atoms. The van der Waals surface area contributed by atoms with Gasteiger partial charge in [-0.05, 0) is 26.3 Å². The second-order valence-corrected chi connectivity index (χ2v) is 6.63. The van der Waals surface area contributed by atoms with Gasteiger partial charge in [-0.3, -0.25) is 4.57 Å². The number of benzene rings is 1. The first-order chi connectivity index (χ1) is 10.0. The van der Waals surface area contributed by atoms with Crippen LogP contribution in [-0.4, -0.2) is 25.1 Å². The minimum atomic E-state index is -3.37. The normalized spacial score (nSPS) is 12.7. The Hall–Kier alpha value is -1.36. The van der Waals surface area contributed by atoms with Crippen molar-refractivity contribution in [3.63, 3.8) is 0 Å². The monoisotopic (exact) mass is 315 g/mol. The number of hydrogen-bond donors (Lipinski definition) is 1. The number of hydrogen-bond acceptors (Lipinski definition) is 5. The van der Waals surface area contributed by atoms with Gasteiger partial charge in [-0.25, -0.2) is 4.79 Å². The fourth-order valence-corrected chi connectivity index (χ4v) is 3.14. The van der Waals surface area contributed by atoms with Crippen molar-refractivity contribution in [2.24, 2.45) is 0 Å². The molecule has 1 amide bonds. The average molecular weight is 315 g/mol. The van der Waals surface area contributed by atoms with Crippen molar-refractivity contribution < 1.29 is 23.1 Å². The van der Waals surface area contributed by atoms with E-state index in [0.717, 1.165) is 5.56 Å². The van der Waals surface area contributed by atoms with Crippen LogP contribution in [0.4, 0.5) is 4.79 Å². The van der Waals surface area contributed by atoms with E-state index in [9.17, 15) is 9.36 Å². The van der Waals surface area contributed by atoms with Crippen LogP contribution in [0, 0.1) is 0 Å². The van der Waals surface area contributed by atoms with Crippen LogP contribution in [0.2, 0.25) is 0 Å². The van der Waals surface area contributed by atoms with E-state index < -0.39 is 19.5 Å². The fraction of sp³-hybridized carbons (Fsp3) is 0.500. The molecule has 0 unspecified atom stereocenters. The Labute approximate surface area is 125 Å². The molecule has 0 aliphatic heterocycles. The van der Waals surface area contributed by atoms with E-state index in [-0.39, 0.29) is 19.8 Å². The molecular weight excluding hydrogens is 293 g/mol. The highest BCUT2D eigenvalue weighted by atomic mass is 31.2. The number of ether oxygens (including phenoxy) is 1. The Morgan fingerprint density at radius 3 is 2.29 bits per heavy atom. The maximum atomic E-state index is 12.4. The molecule has 1 aromatic carbocycles. The molecule has 1 rings (SSSR count). The average Bonchev–Trinajstić information content (AvgIpc) is 2.46. The molecule has 0 aromatic heterocycles. The minimum absolute atomic E-state index is 0.146. The van der Waals surface area contributed by atoms with E-state index in [2.05, 4.69) is 5.32 Å². The number of nitrogens with one attached hydrogen (secondary N) is 1. The number of alkyl carbamates (subject to hydrolysis) is 1. The predicted octanol–water partition coefficient (Wildman–Crippen LogP) is 3.52. The van der Waals surface area contributed by atoms with Crippen LogP contribution in [0.5, 0.6) is 0 Å². The van der Waals surface area contributed by atoms with Crippen molar-refractivity contribution in [2.75, 3.05) is 13.2 Å². The number of amides is 1. The first-order valence-corrected chi connectivity index (χ1v) is 8.49. The largest absolute Gasteiger partial charge is 0.445 e. The Kier molecular flexibility index (Phi) is 7.43. The molecule has 7 heteroatoms. The molecular formula is C14H22NO5P. The Bertz CT molecular complexity index is 470. The molecule has 0 fully saturated rings. The molecule has 118 valence electrons. The van der Waals surface area contributed by atoms with Crippen LogP contribution in [0.1, 0.15) is 26.3 Å². The van der Waals surface area contributed by atoms with E-state index in [0.29, 0.717) is 0 Å². The first-order valence-electron chi connectivity index (χ1n) is 6.87. The van der Waals surface area contributed by atoms with Crippen molar-refractivity contribution in [1.29, 1.82) is 0 Å². The smallest absolute Gasteiger partial charge is 0.408 e. The molecule has 0 heterocycles. The zero-order valence-corrected chi connectivity index (χ0v) is 13.5. The zero-order chi connectivity index (χ0) is 15.7. The maximum Gasteiger partial charge on any atom is 0.408 e. The molecule has 1 N–H and O–H groups in total. The third-order valence-corrected chi connectivity index (χ3v) is 4.95. The lowest BCUT2D eigenvalue weighted by atomic mass is 10.2. The van der Waals surface area contributed by atoms with Crippen LogP contribution in [-0.2, 0) is 25.0 Å². The minimum Gasteiger partial charge on any atom is -0.445 e. The molecule has 0 radical (unpaired) electrons. The summed E-state index contributed by atoms with van der Waals surface area (Å²) >= 11 is 0. The lowest BCUT2D eigenvalue weighted by Crippen LogP contribution is -2.34. The third kappa shape index (κ3) is 5.87. The second-order valence-electron chi connectivity index (χ2n) is 4.26. The van der Waals surface area contributed by atoms with Gasteiger partial charge in [0.25, 0.3) is 0 Å². The maximum absolute atomic E-state index is 12.4. The fourth-order valence-electron chi connectivity index (χ4n) is 1.64. The van der Waals surface area contributed by atoms with Crippen molar-refractivity contribution in [3.8, 4) is 0 Å². The highest BCUT2D eigenvalue weighted by Crippen LogP contribution is 2.51. The van der Waals surface area contributed by atoms with Crippen molar-refractivity contribution in [1.82, 2.24) is 5.32 Å². The van der Waals surface area contributed by atoms with Gasteiger partial charge in [0.15, 0.2) is 0 Å². The number of carbonyl (C=O) groups excluding carboxylic acids is 1. The first kappa shape index (κ1) is 17.7. The quantitative estimate of drug-likeness (QED) is 0.743. The van der Waals surface area contributed by atoms with Crippen LogP contribution < -0.4 is 5.32 Å². The summed E-state index contributed by atoms with van der Waals surface area (Å²) in [7, 11) is -3.37. The summed E-state index contributed by atoms with van der Waals surface area (Å²) < 4.78 is 27.8. The molecule has 0 aliphatic carbocycles. The Morgan fingerprint density at radius 2 is 1.76 bits per heavy atom. The van der Waals surface area contributed by atoms with Crippen molar-refractivity contribution >= 4 is 13.7 Å². The van der Waals surface area contributed by atoms with Crippen molar-refractivity contribution in [3.05, 3.63) is 35.9 Å². The number of rotatable bonds is 8. The van der Waals surface area contributed by atoms with E-state index >= 15 is 0 Å². The van der Waals surface area contributed by atoms with Crippen LogP contribution in [0.25, 0.3) is 0 Å². The van der Waals surface area contributed by atoms with Gasteiger partial charge >= 0.3 is 13.7 Å². The topological polar surface area (TPSA) is 73.9 Å². The molecule has 1 aromatic rings. The number of carbonyl (C=O) groups is 1. The predicted molar refractivity (Wildman–Crippen MR) is 80.1 cm³/mol. The molecule has 1 atom stereocenters. The van der Waals surface area contributed by atoms with Crippen LogP contribution in [0.15, 0.2) is 30.3 Å². The summed E-state index contributed by atoms with van der Waals surface area (Å²) in [6, 6.07) is 9.30. The summed E-state index contributed by atoms with van der Waals surface area (Å²) in [4.78, 5) is 11.7. The van der Waals surface area contributed by atoms with Gasteiger partial charge in [0.05, 0.1) is 13.2 Å². The Balaban J connectivity index is 2.50. The van der Waals surface area contributed by atoms with Gasteiger partial charge < -0.3 is 19.1 Å². The third-order valence-electron chi connectivity index (χ3n) is 2.63. The zero-order valence-electron chi connectivity index (χ0n) is 12.6. The van der Waals surface area contributed by atoms with Crippen molar-refractivity contribution in [2.45, 2.75) is 33.2 Å². The lowest BCUT2D eigenvalue weighted by Gasteiger charge is -2.23. The highest BCUT2D eigenvalue weighted by Gasteiger charge is 2.33. The standard InChI is InChI=1S/C14H22NO5P/c1-4-19-21(17,20-5-2)12(3)15-14(16)18-11-13-9-7-6-8-10-13/h6-10,12H,4-5,11H2,1-3H3,(H,15,16)/t12-/m1/s1. The second kappa shape index (κ2) is 8.82. The summed E-state index contributed by atoms with van der Waals surface area (Å²) in [5.74, 6) is -0.777. The van der Waals surface area contributed by atoms with E-state index in [1.165, 1.54) is 0 Å². The van der Waals surface area contributed by atoms with E-state index in [1.54, 1.807) is 20.8 Å². The highest BCUT2D eigenvalue weighted by molar-refractivity contribution is 7.54. The van der Waals surface area contributed by atoms with E-state index in [4.69, 9.17) is 13.8 Å². The summed E-state index contributed by atoms with van der Waals surface area (Å²) in [5, 5.41) is 2.49. The molecule has 6 nitrogen and oxygen atoms in total. The van der Waals surface area contributed by atoms with Gasteiger partial charge in [0.1, 0.15) is 12.4 Å². The molecule has 0 saturated carbocycles. The van der Waals surface area contributed by atoms with Crippen LogP contribution in [0.3, 0.4) is 0 Å². The SMILES string of the molecule is CCOP(=O)(OCC)[C@H](C)NC(=O)OCc1ccccc1. The summed E-state index contributed by atoms with van der Waals surface area (Å²) in [5.41, 5.74) is 0.873. The van der Waals surface area contributed by atoms with Gasteiger partial charge in [0, 0.05) is 0 Å². The van der Waals surface area contributed by atoms with Gasteiger partial charge in [0.2, 0.25) is 0 Å². The summed E-state index contributed by atoms with van der Waals surface area (Å²) in [6.07, 6.45) is -0.661. The van der Waals surface area contributed by atoms with E-state index in [1.807, 2.05) is 30.3 Å². The van der Waals surface area contributed by atoms with Gasteiger partial charge in [-0.1, -0.05) is 30.3 Å². The molecule has 0 bridgehead atoms. The molecule has 0 spiro atoms. The Morgan fingerprint density at radius 1 is 1.19 bits per heavy atom.